The van der Waals surface area contributed by atoms with Crippen molar-refractivity contribution in [2.24, 2.45) is 0 Å². The summed E-state index contributed by atoms with van der Waals surface area (Å²) in [6.07, 6.45) is 0.911. The minimum Gasteiger partial charge on any atom is -0.369 e. The summed E-state index contributed by atoms with van der Waals surface area (Å²) in [5.41, 5.74) is 2.92. The number of para-hydroxylation sites is 1. The predicted molar refractivity (Wildman–Crippen MR) is 118 cm³/mol. The molecule has 0 saturated heterocycles. The molecule has 0 radical (unpaired) electrons. The van der Waals surface area contributed by atoms with Crippen molar-refractivity contribution in [1.82, 2.24) is 9.97 Å². The smallest absolute Gasteiger partial charge is 0.229 e. The molecule has 6 heteroatoms. The van der Waals surface area contributed by atoms with Gasteiger partial charge in [-0.3, -0.25) is 0 Å². The van der Waals surface area contributed by atoms with Gasteiger partial charge in [-0.15, -0.1) is 0 Å². The maximum atomic E-state index is 6.11. The maximum Gasteiger partial charge on any atom is 0.229 e. The molecule has 0 spiro atoms. The molecule has 0 bridgehead atoms. The van der Waals surface area contributed by atoms with Crippen molar-refractivity contribution in [3.05, 3.63) is 88.4 Å². The van der Waals surface area contributed by atoms with Gasteiger partial charge in [-0.05, 0) is 42.3 Å². The highest BCUT2D eigenvalue weighted by Gasteiger charge is 2.08. The fourth-order valence-corrected chi connectivity index (χ4v) is 3.24. The number of hydrogen-bond acceptors (Lipinski definition) is 4. The van der Waals surface area contributed by atoms with E-state index < -0.39 is 0 Å². The van der Waals surface area contributed by atoms with Crippen LogP contribution in [0, 0.1) is 0 Å². The number of aromatic nitrogens is 2. The molecule has 4 nitrogen and oxygen atoms in total. The zero-order valence-corrected chi connectivity index (χ0v) is 16.5. The van der Waals surface area contributed by atoms with E-state index in [4.69, 9.17) is 23.2 Å². The first-order valence-corrected chi connectivity index (χ1v) is 9.71. The number of fused-ring (bicyclic) bond motifs is 1. The molecule has 4 aromatic rings. The van der Waals surface area contributed by atoms with Gasteiger partial charge in [0.25, 0.3) is 0 Å². The van der Waals surface area contributed by atoms with Crippen molar-refractivity contribution in [2.75, 3.05) is 17.2 Å². The highest BCUT2D eigenvalue weighted by atomic mass is 35.5. The fraction of sp³-hybridized carbons (Fsp3) is 0.0909. The van der Waals surface area contributed by atoms with Crippen LogP contribution in [-0.2, 0) is 6.42 Å². The largest absolute Gasteiger partial charge is 0.369 e. The van der Waals surface area contributed by atoms with Crippen LogP contribution >= 0.6 is 23.2 Å². The summed E-state index contributed by atoms with van der Waals surface area (Å²) in [5.74, 6) is 1.29. The topological polar surface area (TPSA) is 49.8 Å². The number of benzene rings is 3. The van der Waals surface area contributed by atoms with Gasteiger partial charge in [0.05, 0.1) is 15.6 Å². The second kappa shape index (κ2) is 8.46. The zero-order valence-electron chi connectivity index (χ0n) is 15.0. The van der Waals surface area contributed by atoms with Crippen molar-refractivity contribution in [3.63, 3.8) is 0 Å². The highest BCUT2D eigenvalue weighted by molar-refractivity contribution is 6.42. The van der Waals surface area contributed by atoms with Gasteiger partial charge in [-0.25, -0.2) is 4.98 Å². The average Bonchev–Trinajstić information content (AvgIpc) is 2.71. The monoisotopic (exact) mass is 408 g/mol. The van der Waals surface area contributed by atoms with Gasteiger partial charge in [0.2, 0.25) is 5.95 Å². The molecule has 1 aromatic heterocycles. The van der Waals surface area contributed by atoms with E-state index in [2.05, 4.69) is 44.9 Å². The molecule has 0 atom stereocenters. The molecule has 1 heterocycles. The minimum absolute atomic E-state index is 0.480. The van der Waals surface area contributed by atoms with Crippen molar-refractivity contribution in [3.8, 4) is 0 Å². The van der Waals surface area contributed by atoms with Gasteiger partial charge in [-0.1, -0.05) is 65.7 Å². The van der Waals surface area contributed by atoms with Gasteiger partial charge in [0.15, 0.2) is 0 Å². The summed E-state index contributed by atoms with van der Waals surface area (Å²) in [6.45, 7) is 0.775. The number of halogens is 2. The summed E-state index contributed by atoms with van der Waals surface area (Å²) >= 11 is 12.1. The number of rotatable bonds is 6. The van der Waals surface area contributed by atoms with E-state index in [1.807, 2.05) is 36.4 Å². The lowest BCUT2D eigenvalue weighted by Gasteiger charge is -2.12. The van der Waals surface area contributed by atoms with E-state index in [1.165, 1.54) is 5.56 Å². The molecule has 0 aliphatic rings. The van der Waals surface area contributed by atoms with Crippen molar-refractivity contribution >= 4 is 51.6 Å². The predicted octanol–water partition coefficient (Wildman–Crippen LogP) is 6.33. The quantitative estimate of drug-likeness (QED) is 0.391. The van der Waals surface area contributed by atoms with Crippen LogP contribution in [-0.4, -0.2) is 16.5 Å². The van der Waals surface area contributed by atoms with Crippen molar-refractivity contribution < 1.29 is 0 Å². The third-order valence-electron chi connectivity index (χ3n) is 4.33. The SMILES string of the molecule is Clc1ccc(Nc2nc(NCCc3ccccc3)c3ccccc3n2)cc1Cl. The molecule has 0 aliphatic carbocycles. The Morgan fingerprint density at radius 2 is 1.57 bits per heavy atom. The van der Waals surface area contributed by atoms with E-state index in [0.29, 0.717) is 16.0 Å². The van der Waals surface area contributed by atoms with Crippen LogP contribution in [0.5, 0.6) is 0 Å². The molecule has 0 fully saturated rings. The van der Waals surface area contributed by atoms with Gasteiger partial charge in [0, 0.05) is 17.6 Å². The van der Waals surface area contributed by atoms with E-state index in [0.717, 1.165) is 35.4 Å². The Bertz CT molecular complexity index is 1100. The summed E-state index contributed by atoms with van der Waals surface area (Å²) < 4.78 is 0. The molecule has 0 saturated carbocycles. The van der Waals surface area contributed by atoms with Gasteiger partial charge in [0.1, 0.15) is 5.82 Å². The minimum atomic E-state index is 0.480. The number of nitrogens with zero attached hydrogens (tertiary/aromatic N) is 2. The van der Waals surface area contributed by atoms with Crippen molar-refractivity contribution in [2.45, 2.75) is 6.42 Å². The molecule has 0 unspecified atom stereocenters. The first kappa shape index (κ1) is 18.5. The molecule has 140 valence electrons. The third-order valence-corrected chi connectivity index (χ3v) is 5.07. The van der Waals surface area contributed by atoms with Gasteiger partial charge in [-0.2, -0.15) is 4.98 Å². The molecule has 0 aliphatic heterocycles. The lowest BCUT2D eigenvalue weighted by atomic mass is 10.1. The average molecular weight is 409 g/mol. The third kappa shape index (κ3) is 4.35. The van der Waals surface area contributed by atoms with Gasteiger partial charge >= 0.3 is 0 Å². The lowest BCUT2D eigenvalue weighted by molar-refractivity contribution is 1.01. The van der Waals surface area contributed by atoms with Crippen LogP contribution in [0.3, 0.4) is 0 Å². The van der Waals surface area contributed by atoms with Crippen molar-refractivity contribution in [1.29, 1.82) is 0 Å². The summed E-state index contributed by atoms with van der Waals surface area (Å²) in [5, 5.41) is 8.62. The standard InChI is InChI=1S/C22H18Cl2N4/c23-18-11-10-16(14-19(18)24)26-22-27-20-9-5-4-8-17(20)21(28-22)25-13-12-15-6-2-1-3-7-15/h1-11,14H,12-13H2,(H2,25,26,27,28). The number of hydrogen-bond donors (Lipinski definition) is 2. The van der Waals surface area contributed by atoms with E-state index in [9.17, 15) is 0 Å². The number of nitrogens with one attached hydrogen (secondary N) is 2. The fourth-order valence-electron chi connectivity index (χ4n) is 2.94. The second-order valence-electron chi connectivity index (χ2n) is 6.33. The number of anilines is 3. The van der Waals surface area contributed by atoms with Crippen LogP contribution in [0.25, 0.3) is 10.9 Å². The van der Waals surface area contributed by atoms with E-state index in [-0.39, 0.29) is 0 Å². The maximum absolute atomic E-state index is 6.11. The summed E-state index contributed by atoms with van der Waals surface area (Å²) in [6, 6.07) is 23.6. The Morgan fingerprint density at radius 1 is 0.786 bits per heavy atom. The molecule has 3 aromatic carbocycles. The van der Waals surface area contributed by atoms with Crippen LogP contribution in [0.1, 0.15) is 5.56 Å². The molecule has 4 rings (SSSR count). The van der Waals surface area contributed by atoms with Crippen LogP contribution in [0.4, 0.5) is 17.5 Å². The Balaban J connectivity index is 1.58. The molecular formula is C22H18Cl2N4. The Morgan fingerprint density at radius 3 is 2.39 bits per heavy atom. The molecule has 2 N–H and O–H groups in total. The Labute approximate surface area is 173 Å². The van der Waals surface area contributed by atoms with Crippen LogP contribution in [0.2, 0.25) is 10.0 Å². The van der Waals surface area contributed by atoms with Crippen LogP contribution < -0.4 is 10.6 Å². The zero-order chi connectivity index (χ0) is 19.3. The Hall–Kier alpha value is -2.82. The second-order valence-corrected chi connectivity index (χ2v) is 7.14. The molecule has 28 heavy (non-hydrogen) atoms. The first-order valence-electron chi connectivity index (χ1n) is 8.96. The molecule has 0 amide bonds. The summed E-state index contributed by atoms with van der Waals surface area (Å²) in [4.78, 5) is 9.28. The summed E-state index contributed by atoms with van der Waals surface area (Å²) in [7, 11) is 0. The van der Waals surface area contributed by atoms with E-state index >= 15 is 0 Å². The lowest BCUT2D eigenvalue weighted by Crippen LogP contribution is -2.09. The van der Waals surface area contributed by atoms with E-state index in [1.54, 1.807) is 12.1 Å². The van der Waals surface area contributed by atoms with Crippen LogP contribution in [0.15, 0.2) is 72.8 Å². The normalized spacial score (nSPS) is 10.8. The highest BCUT2D eigenvalue weighted by Crippen LogP contribution is 2.28. The van der Waals surface area contributed by atoms with Gasteiger partial charge < -0.3 is 10.6 Å². The first-order chi connectivity index (χ1) is 13.7. The molecular weight excluding hydrogens is 391 g/mol. The Kier molecular flexibility index (Phi) is 5.60.